The van der Waals surface area contributed by atoms with E-state index in [1.807, 2.05) is 0 Å². The molecule has 2 aliphatic heterocycles. The van der Waals surface area contributed by atoms with E-state index >= 15 is 0 Å². The van der Waals surface area contributed by atoms with Crippen molar-refractivity contribution in [2.75, 3.05) is 19.8 Å². The van der Waals surface area contributed by atoms with Crippen molar-refractivity contribution in [2.24, 2.45) is 0 Å². The Morgan fingerprint density at radius 2 is 0.742 bits per heavy atom. The van der Waals surface area contributed by atoms with E-state index in [0.29, 0.717) is 12.8 Å². The third-order valence-corrected chi connectivity index (χ3v) is 17.1. The van der Waals surface area contributed by atoms with Crippen LogP contribution in [0.15, 0.2) is 134 Å². The SMILES string of the molecule is CC/C=C\C/C=C\C/C=C\C/C=C\C/C=C\C/C=C\C/C=C\C/C=C\C/C=C\C/C=C\C/C=C\CCCCCC(=O)NC(COC1OC(CO)C(OC2OC(CO)C(O)C(O)C2O)C(O)C1O)C(O)CCCCCCCCCCCCCCCCCCCCCCCC. The summed E-state index contributed by atoms with van der Waals surface area (Å²) in [5.74, 6) is -0.241. The number of allylic oxidation sites excluding steroid dienone is 22. The third-order valence-electron chi connectivity index (χ3n) is 17.1. The summed E-state index contributed by atoms with van der Waals surface area (Å²) in [6.45, 7) is 2.74. The Morgan fingerprint density at radius 3 is 1.13 bits per heavy atom. The van der Waals surface area contributed by atoms with Crippen LogP contribution in [0.4, 0.5) is 0 Å². The molecule has 0 spiro atoms. The molecule has 0 radical (unpaired) electrons. The van der Waals surface area contributed by atoms with Crippen LogP contribution in [-0.4, -0.2) is 140 Å². The second-order valence-electron chi connectivity index (χ2n) is 25.3. The van der Waals surface area contributed by atoms with Crippen LogP contribution in [0.5, 0.6) is 0 Å². The number of nitrogens with one attached hydrogen (secondary N) is 1. The highest BCUT2D eigenvalue weighted by atomic mass is 16.7. The molecule has 9 N–H and O–H groups in total. The number of aliphatic hydroxyl groups excluding tert-OH is 8. The summed E-state index contributed by atoms with van der Waals surface area (Å²) in [6.07, 6.45) is 74.6. The summed E-state index contributed by atoms with van der Waals surface area (Å²) in [7, 11) is 0. The summed E-state index contributed by atoms with van der Waals surface area (Å²) in [5, 5.41) is 87.7. The number of aliphatic hydroxyl groups is 8. The lowest BCUT2D eigenvalue weighted by molar-refractivity contribution is -0.359. The van der Waals surface area contributed by atoms with Crippen LogP contribution in [0.25, 0.3) is 0 Å². The predicted molar refractivity (Wildman–Crippen MR) is 382 cm³/mol. The van der Waals surface area contributed by atoms with Crippen LogP contribution in [0, 0.1) is 0 Å². The Morgan fingerprint density at radius 1 is 0.398 bits per heavy atom. The minimum atomic E-state index is -1.79. The molecular formula is C79H133NO13. The standard InChI is InChI=1S/C79H133NO13/c1-3-5-7-9-11-13-15-17-19-21-23-25-27-28-29-30-31-32-33-34-35-36-37-38-39-40-41-43-45-47-49-51-53-55-57-59-61-63-71(84)80-67(66-90-78-76(89)74(87)77(70(65-82)92-78)93-79-75(88)73(86)72(85)69(64-81)91-79)68(83)62-60-58-56-54-52-50-48-46-44-42-26-24-22-20-18-16-14-12-10-8-6-4-2/h5,7,11,13,17,19,23,25,28-29,31-32,34-35,37-38,40-41,45,47,51,53,67-70,72-79,81-83,85-89H,3-4,6,8-10,12,14-16,18,20-22,24,26-27,30,33,36,39,42-44,46,48-50,52,54-66H2,1-2H3,(H,80,84)/b7-5-,13-11-,19-17-,25-23-,29-28-,32-31-,35-34-,38-37-,41-40-,47-45-,53-51-. The highest BCUT2D eigenvalue weighted by Crippen LogP contribution is 2.30. The largest absolute Gasteiger partial charge is 0.394 e. The van der Waals surface area contributed by atoms with E-state index in [0.717, 1.165) is 116 Å². The van der Waals surface area contributed by atoms with Crippen molar-refractivity contribution in [1.82, 2.24) is 5.32 Å². The fourth-order valence-electron chi connectivity index (χ4n) is 11.3. The van der Waals surface area contributed by atoms with Gasteiger partial charge in [-0.3, -0.25) is 4.79 Å². The summed E-state index contributed by atoms with van der Waals surface area (Å²) < 4.78 is 22.9. The smallest absolute Gasteiger partial charge is 0.220 e. The van der Waals surface area contributed by atoms with E-state index in [1.165, 1.54) is 116 Å². The van der Waals surface area contributed by atoms with Gasteiger partial charge in [0.1, 0.15) is 48.8 Å². The molecule has 0 bridgehead atoms. The zero-order valence-electron chi connectivity index (χ0n) is 57.9. The van der Waals surface area contributed by atoms with Gasteiger partial charge in [0, 0.05) is 6.42 Å². The summed E-state index contributed by atoms with van der Waals surface area (Å²) >= 11 is 0. The maximum atomic E-state index is 13.4. The van der Waals surface area contributed by atoms with Crippen LogP contribution in [0.1, 0.15) is 264 Å². The molecule has 93 heavy (non-hydrogen) atoms. The Kier molecular flexibility index (Phi) is 56.5. The first kappa shape index (κ1) is 85.2. The van der Waals surface area contributed by atoms with E-state index in [1.54, 1.807) is 0 Å². The average molecular weight is 1300 g/mol. The summed E-state index contributed by atoms with van der Waals surface area (Å²) in [5.41, 5.74) is 0. The zero-order chi connectivity index (χ0) is 67.3. The lowest BCUT2D eigenvalue weighted by Gasteiger charge is -2.46. The molecule has 1 amide bonds. The van der Waals surface area contributed by atoms with Gasteiger partial charge in [0.25, 0.3) is 0 Å². The Labute approximate surface area is 564 Å². The molecule has 12 atom stereocenters. The zero-order valence-corrected chi connectivity index (χ0v) is 57.9. The number of hydrogen-bond acceptors (Lipinski definition) is 13. The molecule has 0 aromatic carbocycles. The van der Waals surface area contributed by atoms with E-state index < -0.39 is 86.8 Å². The number of ether oxygens (including phenoxy) is 4. The van der Waals surface area contributed by atoms with Crippen LogP contribution in [0.2, 0.25) is 0 Å². The molecule has 2 rings (SSSR count). The van der Waals surface area contributed by atoms with E-state index in [2.05, 4.69) is 153 Å². The lowest BCUT2D eigenvalue weighted by Crippen LogP contribution is -2.65. The van der Waals surface area contributed by atoms with Gasteiger partial charge in [-0.25, -0.2) is 0 Å². The van der Waals surface area contributed by atoms with Gasteiger partial charge < -0.3 is 65.1 Å². The van der Waals surface area contributed by atoms with E-state index in [9.17, 15) is 45.6 Å². The molecule has 12 unspecified atom stereocenters. The van der Waals surface area contributed by atoms with Gasteiger partial charge in [-0.1, -0.05) is 295 Å². The lowest BCUT2D eigenvalue weighted by atomic mass is 9.97. The monoisotopic (exact) mass is 1300 g/mol. The molecule has 532 valence electrons. The molecule has 0 aliphatic carbocycles. The number of amides is 1. The van der Waals surface area contributed by atoms with Crippen LogP contribution in [-0.2, 0) is 23.7 Å². The van der Waals surface area contributed by atoms with Gasteiger partial charge >= 0.3 is 0 Å². The first-order chi connectivity index (χ1) is 45.6. The molecule has 0 aromatic heterocycles. The molecule has 2 fully saturated rings. The maximum Gasteiger partial charge on any atom is 0.220 e. The predicted octanol–water partition coefficient (Wildman–Crippen LogP) is 15.8. The number of hydrogen-bond donors (Lipinski definition) is 9. The molecule has 2 aliphatic rings. The van der Waals surface area contributed by atoms with Gasteiger partial charge in [-0.2, -0.15) is 0 Å². The van der Waals surface area contributed by atoms with Crippen molar-refractivity contribution in [1.29, 1.82) is 0 Å². The van der Waals surface area contributed by atoms with Crippen LogP contribution < -0.4 is 5.32 Å². The molecule has 0 aromatic rings. The number of rotatable bonds is 59. The molecule has 2 heterocycles. The first-order valence-corrected chi connectivity index (χ1v) is 36.9. The third kappa shape index (κ3) is 45.3. The second kappa shape index (κ2) is 61.7. The average Bonchev–Trinajstić information content (AvgIpc) is 0.852. The molecule has 14 nitrogen and oxygen atoms in total. The van der Waals surface area contributed by atoms with Crippen molar-refractivity contribution >= 4 is 5.91 Å². The van der Waals surface area contributed by atoms with Gasteiger partial charge in [0.2, 0.25) is 5.91 Å². The number of unbranched alkanes of at least 4 members (excludes halogenated alkanes) is 24. The minimum absolute atomic E-state index is 0.241. The second-order valence-corrected chi connectivity index (χ2v) is 25.3. The van der Waals surface area contributed by atoms with Crippen LogP contribution in [0.3, 0.4) is 0 Å². The Bertz CT molecular complexity index is 2070. The molecule has 14 heteroatoms. The van der Waals surface area contributed by atoms with E-state index in [-0.39, 0.29) is 18.9 Å². The topological polar surface area (TPSA) is 228 Å². The summed E-state index contributed by atoms with van der Waals surface area (Å²) in [4.78, 5) is 13.4. The van der Waals surface area contributed by atoms with Gasteiger partial charge in [-0.15, -0.1) is 0 Å². The Hall–Kier alpha value is -3.87. The van der Waals surface area contributed by atoms with Gasteiger partial charge in [0.15, 0.2) is 12.6 Å². The highest BCUT2D eigenvalue weighted by Gasteiger charge is 2.51. The van der Waals surface area contributed by atoms with Crippen molar-refractivity contribution in [3.63, 3.8) is 0 Å². The van der Waals surface area contributed by atoms with Crippen LogP contribution >= 0.6 is 0 Å². The number of carbonyl (C=O) groups is 1. The normalized spacial score (nSPS) is 23.4. The quantitative estimate of drug-likeness (QED) is 0.0204. The van der Waals surface area contributed by atoms with E-state index in [4.69, 9.17) is 18.9 Å². The van der Waals surface area contributed by atoms with Crippen molar-refractivity contribution < 1.29 is 64.6 Å². The molecule has 2 saturated heterocycles. The molecule has 0 saturated carbocycles. The summed E-state index contributed by atoms with van der Waals surface area (Å²) in [6, 6.07) is -0.858. The van der Waals surface area contributed by atoms with Crippen molar-refractivity contribution in [3.05, 3.63) is 134 Å². The Balaban J connectivity index is 1.68. The van der Waals surface area contributed by atoms with Crippen molar-refractivity contribution in [2.45, 2.75) is 338 Å². The highest BCUT2D eigenvalue weighted by molar-refractivity contribution is 5.76. The number of carbonyl (C=O) groups excluding carboxylic acids is 1. The fraction of sp³-hybridized carbons (Fsp3) is 0.709. The minimum Gasteiger partial charge on any atom is -0.394 e. The molecular weight excluding hydrogens is 1170 g/mol. The maximum absolute atomic E-state index is 13.4. The van der Waals surface area contributed by atoms with Crippen molar-refractivity contribution in [3.8, 4) is 0 Å². The van der Waals surface area contributed by atoms with Gasteiger partial charge in [-0.05, 0) is 96.3 Å². The first-order valence-electron chi connectivity index (χ1n) is 36.9. The fourth-order valence-corrected chi connectivity index (χ4v) is 11.3. The van der Waals surface area contributed by atoms with Gasteiger partial charge in [0.05, 0.1) is 32.0 Å².